The number of aliphatic hydroxyl groups is 1. The number of esters is 1. The summed E-state index contributed by atoms with van der Waals surface area (Å²) in [4.78, 5) is 11.6. The number of hydrogen-bond acceptors (Lipinski definition) is 6. The predicted octanol–water partition coefficient (Wildman–Crippen LogP) is 0.592. The molecule has 1 N–H and O–H groups in total. The Hall–Kier alpha value is -0.950. The average Bonchev–Trinajstić information content (AvgIpc) is 2.64. The van der Waals surface area contributed by atoms with Crippen molar-refractivity contribution in [2.45, 2.75) is 38.8 Å². The molecule has 0 spiro atoms. The van der Waals surface area contributed by atoms with Crippen molar-refractivity contribution in [2.24, 2.45) is 5.41 Å². The van der Waals surface area contributed by atoms with Crippen LogP contribution in [0.15, 0.2) is 12.2 Å². The third-order valence-corrected chi connectivity index (χ3v) is 3.19. The van der Waals surface area contributed by atoms with Gasteiger partial charge < -0.3 is 24.1 Å². The van der Waals surface area contributed by atoms with Gasteiger partial charge >= 0.3 is 5.97 Å². The van der Waals surface area contributed by atoms with Crippen LogP contribution in [-0.4, -0.2) is 49.6 Å². The maximum absolute atomic E-state index is 11.6. The van der Waals surface area contributed by atoms with Crippen molar-refractivity contribution < 1.29 is 28.8 Å². The van der Waals surface area contributed by atoms with Crippen molar-refractivity contribution in [3.63, 3.8) is 0 Å². The van der Waals surface area contributed by atoms with E-state index >= 15 is 0 Å². The minimum Gasteiger partial charge on any atom is -0.463 e. The molecule has 2 rings (SSSR count). The smallest absolute Gasteiger partial charge is 0.336 e. The van der Waals surface area contributed by atoms with Crippen LogP contribution < -0.4 is 0 Å². The zero-order valence-corrected chi connectivity index (χ0v) is 11.2. The highest BCUT2D eigenvalue weighted by molar-refractivity contribution is 5.77. The molecule has 1 saturated heterocycles. The molecule has 0 bridgehead atoms. The van der Waals surface area contributed by atoms with Gasteiger partial charge in [-0.25, -0.2) is 4.79 Å². The monoisotopic (exact) mass is 272 g/mol. The third-order valence-electron chi connectivity index (χ3n) is 3.19. The van der Waals surface area contributed by atoms with E-state index in [1.807, 2.05) is 19.9 Å². The first-order valence-electron chi connectivity index (χ1n) is 6.36. The molecule has 3 unspecified atom stereocenters. The van der Waals surface area contributed by atoms with Crippen molar-refractivity contribution in [2.75, 3.05) is 20.0 Å². The summed E-state index contributed by atoms with van der Waals surface area (Å²) in [5, 5.41) is 8.61. The van der Waals surface area contributed by atoms with Crippen molar-refractivity contribution in [3.05, 3.63) is 12.2 Å². The molecule has 6 heteroatoms. The molecule has 19 heavy (non-hydrogen) atoms. The Morgan fingerprint density at radius 1 is 1.53 bits per heavy atom. The molecule has 108 valence electrons. The summed E-state index contributed by atoms with van der Waals surface area (Å²) in [5.74, 6) is -0.351. The zero-order valence-electron chi connectivity index (χ0n) is 11.2. The molecule has 2 heterocycles. The normalized spacial score (nSPS) is 33.4. The fraction of sp³-hybridized carbons (Fsp3) is 0.769. The number of cyclic esters (lactones) is 1. The van der Waals surface area contributed by atoms with Crippen molar-refractivity contribution in [3.8, 4) is 0 Å². The number of aliphatic hydroxyl groups excluding tert-OH is 1. The second-order valence-corrected chi connectivity index (χ2v) is 5.40. The molecular weight excluding hydrogens is 252 g/mol. The van der Waals surface area contributed by atoms with E-state index in [0.29, 0.717) is 19.6 Å². The summed E-state index contributed by atoms with van der Waals surface area (Å²) < 4.78 is 21.2. The van der Waals surface area contributed by atoms with Gasteiger partial charge in [-0.3, -0.25) is 0 Å². The lowest BCUT2D eigenvalue weighted by Gasteiger charge is -2.30. The highest BCUT2D eigenvalue weighted by atomic mass is 16.7. The van der Waals surface area contributed by atoms with Gasteiger partial charge in [-0.1, -0.05) is 19.9 Å². The molecular formula is C13H20O6. The molecule has 0 aromatic heterocycles. The van der Waals surface area contributed by atoms with Crippen LogP contribution in [0.4, 0.5) is 0 Å². The summed E-state index contributed by atoms with van der Waals surface area (Å²) in [7, 11) is 0. The Kier molecular flexibility index (Phi) is 4.57. The molecule has 0 saturated carbocycles. The van der Waals surface area contributed by atoms with Crippen LogP contribution in [0.5, 0.6) is 0 Å². The van der Waals surface area contributed by atoms with Gasteiger partial charge in [-0.2, -0.15) is 0 Å². The van der Waals surface area contributed by atoms with Crippen LogP contribution in [0.25, 0.3) is 0 Å². The summed E-state index contributed by atoms with van der Waals surface area (Å²) in [5.41, 5.74) is -0.358. The zero-order chi connectivity index (χ0) is 13.9. The lowest BCUT2D eigenvalue weighted by atomic mass is 9.90. The van der Waals surface area contributed by atoms with E-state index in [1.165, 1.54) is 0 Å². The molecule has 1 fully saturated rings. The minimum atomic E-state index is -0.625. The Balaban J connectivity index is 1.90. The van der Waals surface area contributed by atoms with Crippen LogP contribution in [0.2, 0.25) is 0 Å². The van der Waals surface area contributed by atoms with Gasteiger partial charge in [-0.05, 0) is 12.5 Å². The fourth-order valence-corrected chi connectivity index (χ4v) is 2.10. The van der Waals surface area contributed by atoms with E-state index in [9.17, 15) is 4.79 Å². The van der Waals surface area contributed by atoms with E-state index in [4.69, 9.17) is 24.1 Å². The highest BCUT2D eigenvalue weighted by Crippen LogP contribution is 2.32. The van der Waals surface area contributed by atoms with E-state index in [1.54, 1.807) is 6.08 Å². The average molecular weight is 272 g/mol. The SMILES string of the molecule is CC1(C)COC(=O)C1OC1C=CCC(COCO)O1. The summed E-state index contributed by atoms with van der Waals surface area (Å²) >= 11 is 0. The number of rotatable bonds is 5. The first-order valence-corrected chi connectivity index (χ1v) is 6.36. The third kappa shape index (κ3) is 3.54. The van der Waals surface area contributed by atoms with E-state index in [-0.39, 0.29) is 24.3 Å². The number of ether oxygens (including phenoxy) is 4. The molecule has 0 radical (unpaired) electrons. The first kappa shape index (κ1) is 14.5. The lowest BCUT2D eigenvalue weighted by Crippen LogP contribution is -2.39. The summed E-state index contributed by atoms with van der Waals surface area (Å²) in [6.07, 6.45) is 3.00. The van der Waals surface area contributed by atoms with Crippen LogP contribution in [0, 0.1) is 5.41 Å². The Morgan fingerprint density at radius 2 is 2.32 bits per heavy atom. The van der Waals surface area contributed by atoms with Crippen molar-refractivity contribution in [1.82, 2.24) is 0 Å². The molecule has 3 atom stereocenters. The molecule has 0 aromatic carbocycles. The molecule has 0 aliphatic carbocycles. The highest BCUT2D eigenvalue weighted by Gasteiger charge is 2.46. The maximum atomic E-state index is 11.6. The Bertz CT molecular complexity index is 351. The quantitative estimate of drug-likeness (QED) is 0.448. The van der Waals surface area contributed by atoms with E-state index in [0.717, 1.165) is 0 Å². The van der Waals surface area contributed by atoms with Crippen LogP contribution in [0.3, 0.4) is 0 Å². The summed E-state index contributed by atoms with van der Waals surface area (Å²) in [6, 6.07) is 0. The van der Waals surface area contributed by atoms with Crippen molar-refractivity contribution >= 4 is 5.97 Å². The Labute approximate surface area is 112 Å². The van der Waals surface area contributed by atoms with Gasteiger partial charge in [0.25, 0.3) is 0 Å². The minimum absolute atomic E-state index is 0.178. The van der Waals surface area contributed by atoms with Gasteiger partial charge in [0, 0.05) is 5.41 Å². The van der Waals surface area contributed by atoms with Gasteiger partial charge in [0.15, 0.2) is 12.4 Å². The molecule has 2 aliphatic heterocycles. The Morgan fingerprint density at radius 3 is 2.95 bits per heavy atom. The fourth-order valence-electron chi connectivity index (χ4n) is 2.10. The molecule has 0 aromatic rings. The van der Waals surface area contributed by atoms with Crippen LogP contribution in [-0.2, 0) is 23.7 Å². The first-order chi connectivity index (χ1) is 9.03. The second kappa shape index (κ2) is 6.00. The van der Waals surface area contributed by atoms with Gasteiger partial charge in [-0.15, -0.1) is 0 Å². The number of carbonyl (C=O) groups excluding carboxylic acids is 1. The van der Waals surface area contributed by atoms with Crippen LogP contribution in [0.1, 0.15) is 20.3 Å². The van der Waals surface area contributed by atoms with Crippen LogP contribution >= 0.6 is 0 Å². The standard InChI is InChI=1S/C13H20O6/c1-13(2)7-17-12(15)11(13)19-10-5-3-4-9(18-10)6-16-8-14/h3,5,9-11,14H,4,6-8H2,1-2H3. The number of carbonyl (C=O) groups is 1. The van der Waals surface area contributed by atoms with Gasteiger partial charge in [0.05, 0.1) is 19.3 Å². The largest absolute Gasteiger partial charge is 0.463 e. The lowest BCUT2D eigenvalue weighted by molar-refractivity contribution is -0.202. The predicted molar refractivity (Wildman–Crippen MR) is 65.1 cm³/mol. The van der Waals surface area contributed by atoms with E-state index in [2.05, 4.69) is 0 Å². The molecule has 6 nitrogen and oxygen atoms in total. The van der Waals surface area contributed by atoms with E-state index < -0.39 is 12.4 Å². The molecule has 2 aliphatic rings. The van der Waals surface area contributed by atoms with Gasteiger partial charge in [0.1, 0.15) is 6.79 Å². The second-order valence-electron chi connectivity index (χ2n) is 5.40. The topological polar surface area (TPSA) is 74.2 Å². The summed E-state index contributed by atoms with van der Waals surface area (Å²) in [6.45, 7) is 4.14. The number of hydrogen-bond donors (Lipinski definition) is 1. The van der Waals surface area contributed by atoms with Crippen molar-refractivity contribution in [1.29, 1.82) is 0 Å². The van der Waals surface area contributed by atoms with Gasteiger partial charge in [0.2, 0.25) is 0 Å². The molecule has 0 amide bonds. The maximum Gasteiger partial charge on any atom is 0.336 e.